The van der Waals surface area contributed by atoms with Gasteiger partial charge in [-0.15, -0.1) is 0 Å². The van der Waals surface area contributed by atoms with Crippen LogP contribution in [-0.4, -0.2) is 16.9 Å². The van der Waals surface area contributed by atoms with Gasteiger partial charge in [-0.05, 0) is 18.2 Å². The molecule has 0 aliphatic heterocycles. The van der Waals surface area contributed by atoms with E-state index in [1.54, 1.807) is 24.3 Å². The van der Waals surface area contributed by atoms with E-state index in [9.17, 15) is 9.59 Å². The third kappa shape index (κ3) is 2.52. The van der Waals surface area contributed by atoms with Gasteiger partial charge in [0.1, 0.15) is 11.6 Å². The molecule has 3 N–H and O–H groups in total. The van der Waals surface area contributed by atoms with Crippen LogP contribution in [0.2, 0.25) is 0 Å². The summed E-state index contributed by atoms with van der Waals surface area (Å²) in [7, 11) is 0. The van der Waals surface area contributed by atoms with E-state index in [-0.39, 0.29) is 11.3 Å². The molecular formula is C14H11N3O3. The minimum atomic E-state index is -0.847. The predicted molar refractivity (Wildman–Crippen MR) is 72.4 cm³/mol. The van der Waals surface area contributed by atoms with Gasteiger partial charge in [0.25, 0.3) is 5.91 Å². The number of nitriles is 1. The van der Waals surface area contributed by atoms with Crippen molar-refractivity contribution in [3.8, 4) is 11.8 Å². The molecule has 0 saturated heterocycles. The fraction of sp³-hybridized carbons (Fsp3) is 0.0714. The van der Waals surface area contributed by atoms with Gasteiger partial charge in [0.2, 0.25) is 0 Å². The number of aromatic nitrogens is 1. The van der Waals surface area contributed by atoms with Crippen molar-refractivity contribution in [1.29, 1.82) is 5.26 Å². The quantitative estimate of drug-likeness (QED) is 0.499. The molecule has 20 heavy (non-hydrogen) atoms. The highest BCUT2D eigenvalue weighted by Gasteiger charge is 2.15. The number of carbonyl (C=O) groups is 2. The van der Waals surface area contributed by atoms with Crippen molar-refractivity contribution >= 4 is 28.9 Å². The topological polar surface area (TPSA) is 109 Å². The van der Waals surface area contributed by atoms with Crippen LogP contribution in [0.1, 0.15) is 12.6 Å². The number of carbonyl (C=O) groups excluding carboxylic acids is 2. The molecule has 0 radical (unpaired) electrons. The maximum absolute atomic E-state index is 11.2. The first-order chi connectivity index (χ1) is 9.52. The minimum absolute atomic E-state index is 0.232. The molecule has 2 rings (SSSR count). The van der Waals surface area contributed by atoms with E-state index in [4.69, 9.17) is 15.7 Å². The average Bonchev–Trinajstić information content (AvgIpc) is 2.73. The van der Waals surface area contributed by atoms with E-state index in [1.165, 1.54) is 13.0 Å². The van der Waals surface area contributed by atoms with Crippen molar-refractivity contribution in [2.45, 2.75) is 6.92 Å². The second-order valence-electron chi connectivity index (χ2n) is 4.04. The van der Waals surface area contributed by atoms with Gasteiger partial charge >= 0.3 is 5.97 Å². The second-order valence-corrected chi connectivity index (χ2v) is 4.04. The number of hydrogen-bond acceptors (Lipinski definition) is 4. The minimum Gasteiger partial charge on any atom is -0.424 e. The Hall–Kier alpha value is -3.07. The molecule has 1 amide bonds. The molecule has 0 saturated carbocycles. The lowest BCUT2D eigenvalue weighted by molar-refractivity contribution is -0.131. The number of esters is 1. The van der Waals surface area contributed by atoms with Crippen LogP contribution in [0.4, 0.5) is 0 Å². The number of benzene rings is 1. The van der Waals surface area contributed by atoms with E-state index in [1.807, 2.05) is 6.07 Å². The van der Waals surface area contributed by atoms with Gasteiger partial charge in [-0.25, -0.2) is 0 Å². The molecule has 0 aliphatic carbocycles. The Morgan fingerprint density at radius 2 is 2.10 bits per heavy atom. The summed E-state index contributed by atoms with van der Waals surface area (Å²) in [5, 5.41) is 9.54. The van der Waals surface area contributed by atoms with E-state index < -0.39 is 11.9 Å². The standard InChI is InChI=1S/C14H11N3O3/c1-8(18)20-13-10-4-2-3-5-11(10)17-12(13)6-9(7-15)14(16)19/h2-6,17H,1H3,(H2,16,19)/b9-6-. The summed E-state index contributed by atoms with van der Waals surface area (Å²) in [4.78, 5) is 25.3. The Labute approximate surface area is 114 Å². The molecule has 6 nitrogen and oxygen atoms in total. The number of nitrogens with zero attached hydrogens (tertiary/aromatic N) is 1. The summed E-state index contributed by atoms with van der Waals surface area (Å²) in [6, 6.07) is 8.85. The van der Waals surface area contributed by atoms with Gasteiger partial charge in [0.05, 0.1) is 5.69 Å². The summed E-state index contributed by atoms with van der Waals surface area (Å²) in [6.45, 7) is 1.27. The fourth-order valence-electron chi connectivity index (χ4n) is 1.80. The zero-order valence-electron chi connectivity index (χ0n) is 10.6. The lowest BCUT2D eigenvalue weighted by atomic mass is 10.2. The van der Waals surface area contributed by atoms with E-state index in [0.29, 0.717) is 11.1 Å². The molecule has 0 spiro atoms. The number of nitrogens with one attached hydrogen (secondary N) is 1. The van der Waals surface area contributed by atoms with Crippen molar-refractivity contribution in [3.63, 3.8) is 0 Å². The average molecular weight is 269 g/mol. The normalized spacial score (nSPS) is 11.1. The number of primary amides is 1. The Bertz CT molecular complexity index is 766. The van der Waals surface area contributed by atoms with Crippen molar-refractivity contribution in [3.05, 3.63) is 35.5 Å². The molecule has 1 heterocycles. The molecule has 1 aromatic carbocycles. The number of amides is 1. The Morgan fingerprint density at radius 3 is 2.70 bits per heavy atom. The fourth-order valence-corrected chi connectivity index (χ4v) is 1.80. The van der Waals surface area contributed by atoms with Gasteiger partial charge < -0.3 is 15.5 Å². The number of ether oxygens (including phenoxy) is 1. The van der Waals surface area contributed by atoms with Crippen LogP contribution in [0.3, 0.4) is 0 Å². The summed E-state index contributed by atoms with van der Waals surface area (Å²) >= 11 is 0. The first-order valence-corrected chi connectivity index (χ1v) is 5.73. The molecule has 6 heteroatoms. The number of hydrogen-bond donors (Lipinski definition) is 2. The first-order valence-electron chi connectivity index (χ1n) is 5.73. The van der Waals surface area contributed by atoms with Gasteiger partial charge in [-0.1, -0.05) is 12.1 Å². The summed E-state index contributed by atoms with van der Waals surface area (Å²) in [5.41, 5.74) is 5.92. The molecule has 0 atom stereocenters. The maximum atomic E-state index is 11.2. The number of fused-ring (bicyclic) bond motifs is 1. The van der Waals surface area contributed by atoms with Gasteiger partial charge in [0.15, 0.2) is 5.75 Å². The lowest BCUT2D eigenvalue weighted by Gasteiger charge is -2.01. The summed E-state index contributed by atoms with van der Waals surface area (Å²) in [5.74, 6) is -1.08. The Kier molecular flexibility index (Phi) is 3.53. The summed E-state index contributed by atoms with van der Waals surface area (Å²) in [6.07, 6.45) is 1.26. The Morgan fingerprint density at radius 1 is 1.40 bits per heavy atom. The monoisotopic (exact) mass is 269 g/mol. The van der Waals surface area contributed by atoms with Gasteiger partial charge in [-0.3, -0.25) is 9.59 Å². The van der Waals surface area contributed by atoms with Gasteiger partial charge in [-0.2, -0.15) is 5.26 Å². The van der Waals surface area contributed by atoms with Crippen LogP contribution in [0, 0.1) is 11.3 Å². The molecule has 0 unspecified atom stereocenters. The third-order valence-corrected chi connectivity index (χ3v) is 2.61. The molecule has 0 fully saturated rings. The van der Waals surface area contributed by atoms with Crippen molar-refractivity contribution in [1.82, 2.24) is 4.98 Å². The smallest absolute Gasteiger partial charge is 0.308 e. The number of rotatable bonds is 3. The van der Waals surface area contributed by atoms with Crippen LogP contribution in [0.15, 0.2) is 29.8 Å². The second kappa shape index (κ2) is 5.28. The van der Waals surface area contributed by atoms with Gasteiger partial charge in [0, 0.05) is 17.8 Å². The highest BCUT2D eigenvalue weighted by atomic mass is 16.5. The first kappa shape index (κ1) is 13.4. The predicted octanol–water partition coefficient (Wildman–Crippen LogP) is 1.49. The number of nitrogens with two attached hydrogens (primary N) is 1. The largest absolute Gasteiger partial charge is 0.424 e. The van der Waals surface area contributed by atoms with E-state index in [2.05, 4.69) is 4.98 Å². The SMILES string of the molecule is CC(=O)Oc1c(/C=C(/C#N)C(N)=O)[nH]c2ccccc12. The lowest BCUT2D eigenvalue weighted by Crippen LogP contribution is -2.12. The molecule has 0 bridgehead atoms. The summed E-state index contributed by atoms with van der Waals surface area (Å²) < 4.78 is 5.15. The van der Waals surface area contributed by atoms with E-state index >= 15 is 0 Å². The van der Waals surface area contributed by atoms with E-state index in [0.717, 1.165) is 5.52 Å². The number of aromatic amines is 1. The Balaban J connectivity index is 2.66. The van der Waals surface area contributed by atoms with Crippen LogP contribution in [0.5, 0.6) is 5.75 Å². The highest BCUT2D eigenvalue weighted by Crippen LogP contribution is 2.31. The molecule has 1 aromatic heterocycles. The van der Waals surface area contributed by atoms with Crippen LogP contribution in [0.25, 0.3) is 17.0 Å². The van der Waals surface area contributed by atoms with Crippen molar-refractivity contribution < 1.29 is 14.3 Å². The third-order valence-electron chi connectivity index (χ3n) is 2.61. The molecule has 2 aromatic rings. The maximum Gasteiger partial charge on any atom is 0.308 e. The molecule has 0 aliphatic rings. The molecular weight excluding hydrogens is 258 g/mol. The van der Waals surface area contributed by atoms with Crippen LogP contribution >= 0.6 is 0 Å². The highest BCUT2D eigenvalue weighted by molar-refractivity contribution is 6.02. The number of para-hydroxylation sites is 1. The number of H-pyrrole nitrogens is 1. The van der Waals surface area contributed by atoms with Crippen molar-refractivity contribution in [2.75, 3.05) is 0 Å². The van der Waals surface area contributed by atoms with Crippen LogP contribution in [-0.2, 0) is 9.59 Å². The zero-order valence-corrected chi connectivity index (χ0v) is 10.6. The molecule has 100 valence electrons. The van der Waals surface area contributed by atoms with Crippen molar-refractivity contribution in [2.24, 2.45) is 5.73 Å². The van der Waals surface area contributed by atoms with Crippen LogP contribution < -0.4 is 10.5 Å². The zero-order chi connectivity index (χ0) is 14.7.